The number of carboxylic acid groups (broad SMARTS) is 1. The van der Waals surface area contributed by atoms with Crippen LogP contribution in [-0.2, 0) is 9.59 Å². The Morgan fingerprint density at radius 1 is 1.29 bits per heavy atom. The zero-order valence-electron chi connectivity index (χ0n) is 9.36. The molecule has 6 nitrogen and oxygen atoms in total. The fraction of sp³-hybridized carbons (Fsp3) is 0.727. The summed E-state index contributed by atoms with van der Waals surface area (Å²) in [6, 6.07) is -0.359. The van der Waals surface area contributed by atoms with Crippen LogP contribution < -0.4 is 5.32 Å². The van der Waals surface area contributed by atoms with Gasteiger partial charge < -0.3 is 10.0 Å². The lowest BCUT2D eigenvalue weighted by molar-refractivity contribution is -0.157. The van der Waals surface area contributed by atoms with Gasteiger partial charge in [-0.2, -0.15) is 0 Å². The highest BCUT2D eigenvalue weighted by atomic mass is 16.4. The maximum atomic E-state index is 11.7. The van der Waals surface area contributed by atoms with Crippen molar-refractivity contribution in [3.05, 3.63) is 0 Å². The van der Waals surface area contributed by atoms with Gasteiger partial charge in [0.1, 0.15) is 0 Å². The molecule has 1 aliphatic heterocycles. The monoisotopic (exact) mass is 238 g/mol. The van der Waals surface area contributed by atoms with Crippen LogP contribution in [-0.4, -0.2) is 40.0 Å². The topological polar surface area (TPSA) is 86.7 Å². The molecule has 2 bridgehead atoms. The SMILES string of the molecule is O=C1CCN(C23CCC(C(=O)O)(C2)C3)C(=O)N1. The molecule has 3 amide bonds. The van der Waals surface area contributed by atoms with E-state index in [9.17, 15) is 14.4 Å². The van der Waals surface area contributed by atoms with Crippen LogP contribution in [0, 0.1) is 5.41 Å². The fourth-order valence-electron chi connectivity index (χ4n) is 3.63. The standard InChI is InChI=1S/C11H14N2O4/c14-7-1-4-13(9(17)12-7)11-3-2-10(5-11,6-11)8(15)16/h1-6H2,(H,15,16)(H,12,14,17). The average Bonchev–Trinajstić information content (AvgIpc) is 2.73. The van der Waals surface area contributed by atoms with Gasteiger partial charge in [-0.05, 0) is 25.7 Å². The molecule has 6 heteroatoms. The van der Waals surface area contributed by atoms with E-state index < -0.39 is 11.4 Å². The molecule has 0 radical (unpaired) electrons. The molecule has 0 aromatic heterocycles. The highest BCUT2D eigenvalue weighted by Gasteiger charge is 2.68. The van der Waals surface area contributed by atoms with Crippen LogP contribution in [0.4, 0.5) is 4.79 Å². The minimum atomic E-state index is -0.751. The molecule has 0 spiro atoms. The van der Waals surface area contributed by atoms with E-state index in [0.717, 1.165) is 6.42 Å². The van der Waals surface area contributed by atoms with Crippen LogP contribution in [0.15, 0.2) is 0 Å². The second-order valence-corrected chi connectivity index (χ2v) is 5.42. The number of fused-ring (bicyclic) bond motifs is 1. The number of imide groups is 1. The number of rotatable bonds is 2. The molecule has 4 aliphatic rings. The maximum absolute atomic E-state index is 11.7. The minimum absolute atomic E-state index is 0.246. The number of nitrogens with one attached hydrogen (secondary N) is 1. The second-order valence-electron chi connectivity index (χ2n) is 5.42. The van der Waals surface area contributed by atoms with Crippen molar-refractivity contribution < 1.29 is 19.5 Å². The van der Waals surface area contributed by atoms with E-state index in [1.165, 1.54) is 0 Å². The molecule has 0 aromatic carbocycles. The van der Waals surface area contributed by atoms with Gasteiger partial charge in [0.15, 0.2) is 0 Å². The highest BCUT2D eigenvalue weighted by Crippen LogP contribution is 2.64. The maximum Gasteiger partial charge on any atom is 0.324 e. The molecule has 1 saturated heterocycles. The Labute approximate surface area is 98.0 Å². The van der Waals surface area contributed by atoms with Gasteiger partial charge in [-0.1, -0.05) is 0 Å². The van der Waals surface area contributed by atoms with Crippen LogP contribution in [0.3, 0.4) is 0 Å². The predicted octanol–water partition coefficient (Wildman–Crippen LogP) is 0.326. The molecular weight excluding hydrogens is 224 g/mol. The van der Waals surface area contributed by atoms with Crippen molar-refractivity contribution in [3.8, 4) is 0 Å². The summed E-state index contributed by atoms with van der Waals surface area (Å²) in [5, 5.41) is 11.5. The van der Waals surface area contributed by atoms with Gasteiger partial charge in [-0.25, -0.2) is 4.79 Å². The van der Waals surface area contributed by atoms with Crippen LogP contribution in [0.2, 0.25) is 0 Å². The van der Waals surface area contributed by atoms with Crippen molar-refractivity contribution in [1.29, 1.82) is 0 Å². The molecule has 4 rings (SSSR count). The normalized spacial score (nSPS) is 39.9. The van der Waals surface area contributed by atoms with E-state index in [4.69, 9.17) is 5.11 Å². The van der Waals surface area contributed by atoms with Gasteiger partial charge in [-0.15, -0.1) is 0 Å². The van der Waals surface area contributed by atoms with Gasteiger partial charge in [0.05, 0.1) is 5.41 Å². The Bertz CT molecular complexity index is 425. The van der Waals surface area contributed by atoms with Crippen molar-refractivity contribution in [3.63, 3.8) is 0 Å². The van der Waals surface area contributed by atoms with Gasteiger partial charge in [-0.3, -0.25) is 14.9 Å². The lowest BCUT2D eigenvalue weighted by Crippen LogP contribution is -2.64. The summed E-state index contributed by atoms with van der Waals surface area (Å²) in [7, 11) is 0. The molecule has 0 unspecified atom stereocenters. The molecule has 0 aromatic rings. The number of carbonyl (C=O) groups is 3. The number of carboxylic acids is 1. The third-order valence-electron chi connectivity index (χ3n) is 4.48. The number of aliphatic carboxylic acids is 1. The summed E-state index contributed by atoms with van der Waals surface area (Å²) in [5.74, 6) is -0.997. The van der Waals surface area contributed by atoms with E-state index >= 15 is 0 Å². The third-order valence-corrected chi connectivity index (χ3v) is 4.48. The van der Waals surface area contributed by atoms with Crippen molar-refractivity contribution >= 4 is 17.9 Å². The quantitative estimate of drug-likeness (QED) is 0.725. The smallest absolute Gasteiger partial charge is 0.324 e. The van der Waals surface area contributed by atoms with Crippen LogP contribution in [0.25, 0.3) is 0 Å². The second kappa shape index (κ2) is 3.00. The molecule has 3 aliphatic carbocycles. The van der Waals surface area contributed by atoms with Gasteiger partial charge in [0.2, 0.25) is 5.91 Å². The number of hydrogen-bond acceptors (Lipinski definition) is 3. The van der Waals surface area contributed by atoms with Crippen molar-refractivity contribution in [1.82, 2.24) is 10.2 Å². The summed E-state index contributed by atoms with van der Waals surface area (Å²) in [6.45, 7) is 0.417. The van der Waals surface area contributed by atoms with Gasteiger partial charge >= 0.3 is 12.0 Å². The highest BCUT2D eigenvalue weighted by molar-refractivity contribution is 5.97. The summed E-state index contributed by atoms with van der Waals surface area (Å²) < 4.78 is 0. The van der Waals surface area contributed by atoms with Gasteiger partial charge in [0.25, 0.3) is 0 Å². The number of hydrogen-bond donors (Lipinski definition) is 2. The predicted molar refractivity (Wildman–Crippen MR) is 56.1 cm³/mol. The van der Waals surface area contributed by atoms with Crippen LogP contribution >= 0.6 is 0 Å². The molecule has 4 fully saturated rings. The fourth-order valence-corrected chi connectivity index (χ4v) is 3.63. The number of nitrogens with zero attached hydrogens (tertiary/aromatic N) is 1. The van der Waals surface area contributed by atoms with E-state index in [1.54, 1.807) is 4.90 Å². The summed E-state index contributed by atoms with van der Waals surface area (Å²) in [6.07, 6.45) is 2.77. The molecule has 92 valence electrons. The van der Waals surface area contributed by atoms with Crippen LogP contribution in [0.5, 0.6) is 0 Å². The van der Waals surface area contributed by atoms with E-state index in [-0.39, 0.29) is 17.5 Å². The molecule has 2 N–H and O–H groups in total. The molecule has 17 heavy (non-hydrogen) atoms. The largest absolute Gasteiger partial charge is 0.481 e. The lowest BCUT2D eigenvalue weighted by Gasteiger charge is -2.52. The zero-order valence-corrected chi connectivity index (χ0v) is 9.36. The van der Waals surface area contributed by atoms with Crippen molar-refractivity contribution in [2.45, 2.75) is 37.6 Å². The first-order chi connectivity index (χ1) is 7.97. The first kappa shape index (κ1) is 10.6. The Balaban J connectivity index is 1.78. The Morgan fingerprint density at radius 3 is 2.53 bits per heavy atom. The van der Waals surface area contributed by atoms with E-state index in [1.807, 2.05) is 0 Å². The molecule has 1 heterocycles. The first-order valence-electron chi connectivity index (χ1n) is 5.82. The third kappa shape index (κ3) is 1.23. The molecule has 0 atom stereocenters. The number of amides is 3. The first-order valence-corrected chi connectivity index (χ1v) is 5.82. The average molecular weight is 238 g/mol. The summed E-state index contributed by atoms with van der Waals surface area (Å²) in [4.78, 5) is 35.6. The Hall–Kier alpha value is -1.59. The molecular formula is C11H14N2O4. The zero-order chi connectivity index (χ0) is 12.3. The minimum Gasteiger partial charge on any atom is -0.481 e. The lowest BCUT2D eigenvalue weighted by atomic mass is 9.64. The Morgan fingerprint density at radius 2 is 2.00 bits per heavy atom. The number of carbonyl (C=O) groups excluding carboxylic acids is 2. The van der Waals surface area contributed by atoms with Crippen LogP contribution in [0.1, 0.15) is 32.1 Å². The van der Waals surface area contributed by atoms with Crippen molar-refractivity contribution in [2.24, 2.45) is 5.41 Å². The summed E-state index contributed by atoms with van der Waals surface area (Å²) >= 11 is 0. The van der Waals surface area contributed by atoms with E-state index in [2.05, 4.69) is 5.32 Å². The van der Waals surface area contributed by atoms with Gasteiger partial charge in [0, 0.05) is 18.5 Å². The Kier molecular flexibility index (Phi) is 1.86. The number of urea groups is 1. The molecule has 3 saturated carbocycles. The summed E-state index contributed by atoms with van der Waals surface area (Å²) in [5.41, 5.74) is -0.912. The van der Waals surface area contributed by atoms with Crippen molar-refractivity contribution in [2.75, 3.05) is 6.54 Å². The van der Waals surface area contributed by atoms with E-state index in [0.29, 0.717) is 32.2 Å².